The van der Waals surface area contributed by atoms with Crippen LogP contribution in [0, 0.1) is 0 Å². The van der Waals surface area contributed by atoms with Gasteiger partial charge in [-0.2, -0.15) is 0 Å². The summed E-state index contributed by atoms with van der Waals surface area (Å²) >= 11 is 0. The zero-order chi connectivity index (χ0) is 19.1. The van der Waals surface area contributed by atoms with Crippen LogP contribution in [0.3, 0.4) is 0 Å². The number of benzene rings is 2. The van der Waals surface area contributed by atoms with Crippen LogP contribution >= 0.6 is 0 Å². The Morgan fingerprint density at radius 1 is 1.04 bits per heavy atom. The van der Waals surface area contributed by atoms with Gasteiger partial charge in [0, 0.05) is 0 Å². The molecule has 6 heteroatoms. The summed E-state index contributed by atoms with van der Waals surface area (Å²) in [5.74, 6) is -0.0286. The van der Waals surface area contributed by atoms with Crippen LogP contribution in [0.4, 0.5) is 0 Å². The minimum absolute atomic E-state index is 0.0286. The lowest BCUT2D eigenvalue weighted by Crippen LogP contribution is -2.40. The van der Waals surface area contributed by atoms with Gasteiger partial charge in [-0.05, 0) is 30.8 Å². The molecule has 140 valence electrons. The van der Waals surface area contributed by atoms with Crippen LogP contribution in [0.25, 0.3) is 5.69 Å². The van der Waals surface area contributed by atoms with Crippen molar-refractivity contribution >= 4 is 5.91 Å². The molecule has 27 heavy (non-hydrogen) atoms. The summed E-state index contributed by atoms with van der Waals surface area (Å²) in [6, 6.07) is 19.3. The van der Waals surface area contributed by atoms with Gasteiger partial charge in [-0.3, -0.25) is 9.69 Å². The molecule has 0 spiro atoms. The third-order valence-corrected chi connectivity index (χ3v) is 4.55. The van der Waals surface area contributed by atoms with E-state index in [-0.39, 0.29) is 11.9 Å². The number of likely N-dealkylation sites (N-methyl/N-ethyl adjacent to an activating group) is 1. The van der Waals surface area contributed by atoms with Gasteiger partial charge < -0.3 is 5.32 Å². The molecule has 0 aliphatic rings. The summed E-state index contributed by atoms with van der Waals surface area (Å²) in [6.07, 6.45) is 1.84. The summed E-state index contributed by atoms with van der Waals surface area (Å²) < 4.78 is 1.71. The number of amides is 1. The van der Waals surface area contributed by atoms with E-state index in [2.05, 4.69) is 34.4 Å². The van der Waals surface area contributed by atoms with Crippen LogP contribution in [0.1, 0.15) is 31.1 Å². The van der Waals surface area contributed by atoms with Crippen LogP contribution in [0.15, 0.2) is 66.9 Å². The Balaban J connectivity index is 1.70. The first-order chi connectivity index (χ1) is 13.2. The van der Waals surface area contributed by atoms with Gasteiger partial charge in [0.05, 0.1) is 18.4 Å². The molecule has 0 aliphatic carbocycles. The number of hydrogen-bond donors (Lipinski definition) is 1. The number of para-hydroxylation sites is 1. The summed E-state index contributed by atoms with van der Waals surface area (Å²) in [7, 11) is 0. The van der Waals surface area contributed by atoms with Crippen molar-refractivity contribution in [1.29, 1.82) is 0 Å². The third kappa shape index (κ3) is 4.60. The Hall–Kier alpha value is -2.99. The van der Waals surface area contributed by atoms with Gasteiger partial charge in [-0.15, -0.1) is 5.10 Å². The van der Waals surface area contributed by atoms with Gasteiger partial charge in [0.15, 0.2) is 0 Å². The predicted octanol–water partition coefficient (Wildman–Crippen LogP) is 2.97. The first kappa shape index (κ1) is 18.8. The zero-order valence-corrected chi connectivity index (χ0v) is 15.7. The molecule has 1 amide bonds. The quantitative estimate of drug-likeness (QED) is 0.668. The minimum Gasteiger partial charge on any atom is -0.349 e. The van der Waals surface area contributed by atoms with Gasteiger partial charge >= 0.3 is 0 Å². The highest BCUT2D eigenvalue weighted by atomic mass is 16.2. The highest BCUT2D eigenvalue weighted by Crippen LogP contribution is 2.20. The van der Waals surface area contributed by atoms with Crippen molar-refractivity contribution in [3.05, 3.63) is 78.1 Å². The molecule has 0 saturated carbocycles. The summed E-state index contributed by atoms with van der Waals surface area (Å²) in [5, 5.41) is 11.3. The third-order valence-electron chi connectivity index (χ3n) is 4.55. The van der Waals surface area contributed by atoms with Crippen molar-refractivity contribution in [2.75, 3.05) is 13.1 Å². The number of nitrogens with zero attached hydrogens (tertiary/aromatic N) is 4. The second kappa shape index (κ2) is 9.09. The number of carbonyl (C=O) groups is 1. The average molecular weight is 363 g/mol. The summed E-state index contributed by atoms with van der Waals surface area (Å²) in [4.78, 5) is 15.1. The Morgan fingerprint density at radius 2 is 1.67 bits per heavy atom. The monoisotopic (exact) mass is 363 g/mol. The van der Waals surface area contributed by atoms with Crippen LogP contribution in [0.2, 0.25) is 0 Å². The largest absolute Gasteiger partial charge is 0.349 e. The fourth-order valence-corrected chi connectivity index (χ4v) is 3.11. The second-order valence-electron chi connectivity index (χ2n) is 6.24. The minimum atomic E-state index is -0.314. The molecular formula is C21H25N5O. The molecule has 1 atom stereocenters. The Labute approximate surface area is 159 Å². The van der Waals surface area contributed by atoms with Crippen molar-refractivity contribution < 1.29 is 4.79 Å². The fourth-order valence-electron chi connectivity index (χ4n) is 3.11. The van der Waals surface area contributed by atoms with Crippen LogP contribution in [-0.2, 0) is 11.3 Å². The van der Waals surface area contributed by atoms with Gasteiger partial charge in [0.25, 0.3) is 0 Å². The lowest BCUT2D eigenvalue weighted by Gasteiger charge is -2.28. The first-order valence-electron chi connectivity index (χ1n) is 9.26. The van der Waals surface area contributed by atoms with Gasteiger partial charge in [0.2, 0.25) is 5.91 Å². The molecular weight excluding hydrogens is 338 g/mol. The number of rotatable bonds is 8. The van der Waals surface area contributed by atoms with Crippen LogP contribution < -0.4 is 5.32 Å². The van der Waals surface area contributed by atoms with Crippen molar-refractivity contribution in [3.8, 4) is 5.69 Å². The van der Waals surface area contributed by atoms with E-state index in [0.29, 0.717) is 6.54 Å². The molecule has 1 N–H and O–H groups in total. The topological polar surface area (TPSA) is 63.1 Å². The maximum Gasteiger partial charge on any atom is 0.242 e. The van der Waals surface area contributed by atoms with Crippen molar-refractivity contribution in [1.82, 2.24) is 25.2 Å². The molecule has 0 fully saturated rings. The SMILES string of the molecule is CCN(CC)[C@H](C(=O)NCc1cn(-c2ccccc2)nn1)c1ccccc1. The Bertz CT molecular complexity index is 843. The maximum atomic E-state index is 12.9. The zero-order valence-electron chi connectivity index (χ0n) is 15.7. The van der Waals surface area contributed by atoms with Crippen LogP contribution in [-0.4, -0.2) is 38.9 Å². The summed E-state index contributed by atoms with van der Waals surface area (Å²) in [6.45, 7) is 6.08. The Morgan fingerprint density at radius 3 is 2.30 bits per heavy atom. The molecule has 1 aromatic heterocycles. The smallest absolute Gasteiger partial charge is 0.242 e. The van der Waals surface area contributed by atoms with E-state index in [1.807, 2.05) is 66.9 Å². The normalized spacial score (nSPS) is 12.1. The Kier molecular flexibility index (Phi) is 6.33. The average Bonchev–Trinajstić information content (AvgIpc) is 3.20. The molecule has 2 aromatic carbocycles. The van der Waals surface area contributed by atoms with Crippen molar-refractivity contribution in [3.63, 3.8) is 0 Å². The fraction of sp³-hybridized carbons (Fsp3) is 0.286. The molecule has 0 bridgehead atoms. The van der Waals surface area contributed by atoms with E-state index in [1.54, 1.807) is 4.68 Å². The molecule has 3 aromatic rings. The van der Waals surface area contributed by atoms with E-state index >= 15 is 0 Å². The highest BCUT2D eigenvalue weighted by molar-refractivity contribution is 5.83. The first-order valence-corrected chi connectivity index (χ1v) is 9.26. The molecule has 0 aliphatic heterocycles. The van der Waals surface area contributed by atoms with Crippen molar-refractivity contribution in [2.24, 2.45) is 0 Å². The van der Waals surface area contributed by atoms with Gasteiger partial charge in [-0.1, -0.05) is 67.6 Å². The van der Waals surface area contributed by atoms with Gasteiger partial charge in [-0.25, -0.2) is 4.68 Å². The van der Waals surface area contributed by atoms with E-state index in [0.717, 1.165) is 30.0 Å². The van der Waals surface area contributed by atoms with E-state index in [4.69, 9.17) is 0 Å². The lowest BCUT2D eigenvalue weighted by molar-refractivity contribution is -0.126. The predicted molar refractivity (Wildman–Crippen MR) is 105 cm³/mol. The van der Waals surface area contributed by atoms with E-state index in [1.165, 1.54) is 0 Å². The molecule has 0 unspecified atom stereocenters. The number of aromatic nitrogens is 3. The molecule has 0 saturated heterocycles. The van der Waals surface area contributed by atoms with E-state index < -0.39 is 0 Å². The number of carbonyl (C=O) groups excluding carboxylic acids is 1. The van der Waals surface area contributed by atoms with Gasteiger partial charge in [0.1, 0.15) is 11.7 Å². The lowest BCUT2D eigenvalue weighted by atomic mass is 10.0. The number of hydrogen-bond acceptors (Lipinski definition) is 4. The maximum absolute atomic E-state index is 12.9. The highest BCUT2D eigenvalue weighted by Gasteiger charge is 2.25. The summed E-state index contributed by atoms with van der Waals surface area (Å²) in [5.41, 5.74) is 2.65. The van der Waals surface area contributed by atoms with Crippen LogP contribution in [0.5, 0.6) is 0 Å². The molecule has 0 radical (unpaired) electrons. The standard InChI is InChI=1S/C21H25N5O/c1-3-25(4-2)20(17-11-7-5-8-12-17)21(27)22-15-18-16-26(24-23-18)19-13-9-6-10-14-19/h5-14,16,20H,3-4,15H2,1-2H3,(H,22,27)/t20-/m0/s1. The molecule has 6 nitrogen and oxygen atoms in total. The molecule has 1 heterocycles. The van der Waals surface area contributed by atoms with E-state index in [9.17, 15) is 4.79 Å². The molecule has 3 rings (SSSR count). The second-order valence-corrected chi connectivity index (χ2v) is 6.24. The van der Waals surface area contributed by atoms with Crippen molar-refractivity contribution in [2.45, 2.75) is 26.4 Å². The number of nitrogens with one attached hydrogen (secondary N) is 1.